The highest BCUT2D eigenvalue weighted by molar-refractivity contribution is 5.84. The normalized spacial score (nSPS) is 17.1. The van der Waals surface area contributed by atoms with Gasteiger partial charge in [-0.15, -0.1) is 0 Å². The van der Waals surface area contributed by atoms with Crippen molar-refractivity contribution in [3.8, 4) is 0 Å². The largest absolute Gasteiger partial charge is 0.0695 e. The number of allylic oxidation sites excluding steroid dienone is 1. The lowest BCUT2D eigenvalue weighted by molar-refractivity contribution is 0.201. The molecular weight excluding hydrogens is 312 g/mol. The second-order valence-corrected chi connectivity index (χ2v) is 8.34. The van der Waals surface area contributed by atoms with Crippen LogP contribution in [0.3, 0.4) is 0 Å². The average Bonchev–Trinajstić information content (AvgIpc) is 2.60. The van der Waals surface area contributed by atoms with Gasteiger partial charge < -0.3 is 0 Å². The Balaban J connectivity index is 0.000000948. The standard InChI is InChI=1S/C24H28.C2H6/c1-16(2)21-9-7-19(13-18(21)4)23-15-24(10-5-11-24)14-20-12-17(3)6-8-22(20)23;1-2/h6-9,12-13,15-16H,5,10-11,14H2,1-4H3;1-2H3. The Kier molecular flexibility index (Phi) is 5.42. The Bertz CT molecular complexity index is 816. The van der Waals surface area contributed by atoms with E-state index in [9.17, 15) is 0 Å². The van der Waals surface area contributed by atoms with Gasteiger partial charge in [0, 0.05) is 0 Å². The second-order valence-electron chi connectivity index (χ2n) is 8.34. The number of fused-ring (bicyclic) bond motifs is 1. The van der Waals surface area contributed by atoms with Crippen molar-refractivity contribution >= 4 is 5.57 Å². The third-order valence-corrected chi connectivity index (χ3v) is 6.10. The minimum Gasteiger partial charge on any atom is -0.0695 e. The van der Waals surface area contributed by atoms with Crippen LogP contribution in [-0.2, 0) is 6.42 Å². The summed E-state index contributed by atoms with van der Waals surface area (Å²) in [4.78, 5) is 0. The van der Waals surface area contributed by atoms with E-state index in [0.29, 0.717) is 11.3 Å². The molecule has 2 aromatic rings. The molecule has 1 fully saturated rings. The zero-order valence-corrected chi connectivity index (χ0v) is 17.4. The van der Waals surface area contributed by atoms with Gasteiger partial charge in [-0.25, -0.2) is 0 Å². The smallest absolute Gasteiger partial charge is 0.00682 e. The lowest BCUT2D eigenvalue weighted by Crippen LogP contribution is -2.32. The fourth-order valence-electron chi connectivity index (χ4n) is 4.63. The molecule has 26 heavy (non-hydrogen) atoms. The molecule has 0 aromatic heterocycles. The molecule has 2 aliphatic carbocycles. The van der Waals surface area contributed by atoms with E-state index in [1.165, 1.54) is 59.1 Å². The van der Waals surface area contributed by atoms with Gasteiger partial charge in [0.1, 0.15) is 0 Å². The van der Waals surface area contributed by atoms with Gasteiger partial charge in [-0.1, -0.05) is 82.2 Å². The van der Waals surface area contributed by atoms with Crippen LogP contribution in [0.5, 0.6) is 0 Å². The van der Waals surface area contributed by atoms with Crippen molar-refractivity contribution in [2.45, 2.75) is 73.1 Å². The van der Waals surface area contributed by atoms with E-state index in [2.05, 4.69) is 70.2 Å². The third-order valence-electron chi connectivity index (χ3n) is 6.10. The van der Waals surface area contributed by atoms with Crippen molar-refractivity contribution < 1.29 is 0 Å². The first kappa shape index (κ1) is 19.0. The molecular formula is C26H34. The topological polar surface area (TPSA) is 0 Å². The van der Waals surface area contributed by atoms with Crippen LogP contribution >= 0.6 is 0 Å². The van der Waals surface area contributed by atoms with E-state index in [1.54, 1.807) is 5.56 Å². The summed E-state index contributed by atoms with van der Waals surface area (Å²) >= 11 is 0. The van der Waals surface area contributed by atoms with Gasteiger partial charge in [0.15, 0.2) is 0 Å². The van der Waals surface area contributed by atoms with Crippen molar-refractivity contribution in [2.24, 2.45) is 5.41 Å². The highest BCUT2D eigenvalue weighted by atomic mass is 14.4. The summed E-state index contributed by atoms with van der Waals surface area (Å²) in [6.07, 6.45) is 7.94. The number of hydrogen-bond acceptors (Lipinski definition) is 0. The summed E-state index contributed by atoms with van der Waals surface area (Å²) in [7, 11) is 0. The molecule has 0 atom stereocenters. The van der Waals surface area contributed by atoms with Crippen LogP contribution in [0.25, 0.3) is 5.57 Å². The van der Waals surface area contributed by atoms with Gasteiger partial charge in [0.2, 0.25) is 0 Å². The van der Waals surface area contributed by atoms with Crippen LogP contribution in [-0.4, -0.2) is 0 Å². The predicted molar refractivity (Wildman–Crippen MR) is 115 cm³/mol. The summed E-state index contributed by atoms with van der Waals surface area (Å²) in [6.45, 7) is 13.0. The van der Waals surface area contributed by atoms with Gasteiger partial charge in [-0.05, 0) is 77.8 Å². The van der Waals surface area contributed by atoms with Crippen LogP contribution in [0.4, 0.5) is 0 Å². The van der Waals surface area contributed by atoms with Crippen molar-refractivity contribution in [3.63, 3.8) is 0 Å². The van der Waals surface area contributed by atoms with Crippen molar-refractivity contribution in [1.82, 2.24) is 0 Å². The van der Waals surface area contributed by atoms with Gasteiger partial charge in [0.05, 0.1) is 0 Å². The monoisotopic (exact) mass is 346 g/mol. The Morgan fingerprint density at radius 3 is 2.23 bits per heavy atom. The molecule has 0 heteroatoms. The summed E-state index contributed by atoms with van der Waals surface area (Å²) in [5.74, 6) is 0.590. The van der Waals surface area contributed by atoms with Gasteiger partial charge >= 0.3 is 0 Å². The maximum atomic E-state index is 2.61. The SMILES string of the molecule is CC.Cc1ccc2c(c1)CC1(C=C2c2ccc(C(C)C)c(C)c2)CCC1. The van der Waals surface area contributed by atoms with Gasteiger partial charge in [-0.2, -0.15) is 0 Å². The highest BCUT2D eigenvalue weighted by Gasteiger charge is 2.39. The van der Waals surface area contributed by atoms with E-state index in [0.717, 1.165) is 0 Å². The lowest BCUT2D eigenvalue weighted by atomic mass is 9.61. The predicted octanol–water partition coefficient (Wildman–Crippen LogP) is 7.61. The number of aryl methyl sites for hydroxylation is 2. The molecule has 138 valence electrons. The third kappa shape index (κ3) is 3.39. The number of benzene rings is 2. The molecule has 0 radical (unpaired) electrons. The maximum absolute atomic E-state index is 2.61. The van der Waals surface area contributed by atoms with E-state index in [1.807, 2.05) is 13.8 Å². The molecule has 0 aliphatic heterocycles. The molecule has 0 N–H and O–H groups in total. The summed E-state index contributed by atoms with van der Waals surface area (Å²) in [5, 5.41) is 0. The molecule has 2 aromatic carbocycles. The first-order valence-electron chi connectivity index (χ1n) is 10.4. The van der Waals surface area contributed by atoms with E-state index >= 15 is 0 Å². The fraction of sp³-hybridized carbons (Fsp3) is 0.462. The van der Waals surface area contributed by atoms with Crippen molar-refractivity contribution in [2.75, 3.05) is 0 Å². The van der Waals surface area contributed by atoms with Gasteiger partial charge in [-0.3, -0.25) is 0 Å². The van der Waals surface area contributed by atoms with E-state index < -0.39 is 0 Å². The van der Waals surface area contributed by atoms with E-state index in [4.69, 9.17) is 0 Å². The molecule has 0 nitrogen and oxygen atoms in total. The Hall–Kier alpha value is -1.82. The lowest BCUT2D eigenvalue weighted by Gasteiger charge is -2.43. The first-order chi connectivity index (χ1) is 12.5. The summed E-state index contributed by atoms with van der Waals surface area (Å²) in [5.41, 5.74) is 10.6. The van der Waals surface area contributed by atoms with Crippen molar-refractivity contribution in [3.05, 3.63) is 75.9 Å². The van der Waals surface area contributed by atoms with Crippen LogP contribution in [0.2, 0.25) is 0 Å². The number of hydrogen-bond donors (Lipinski definition) is 0. The highest BCUT2D eigenvalue weighted by Crippen LogP contribution is 2.51. The van der Waals surface area contributed by atoms with Crippen molar-refractivity contribution in [1.29, 1.82) is 0 Å². The maximum Gasteiger partial charge on any atom is -0.00682 e. The summed E-state index contributed by atoms with van der Waals surface area (Å²) < 4.78 is 0. The van der Waals surface area contributed by atoms with Crippen LogP contribution in [0.15, 0.2) is 42.5 Å². The Morgan fingerprint density at radius 2 is 1.65 bits per heavy atom. The average molecular weight is 347 g/mol. The fourth-order valence-corrected chi connectivity index (χ4v) is 4.63. The zero-order chi connectivity index (χ0) is 18.9. The molecule has 0 unspecified atom stereocenters. The quantitative estimate of drug-likeness (QED) is 0.525. The first-order valence-corrected chi connectivity index (χ1v) is 10.4. The zero-order valence-electron chi connectivity index (χ0n) is 17.4. The Morgan fingerprint density at radius 1 is 0.923 bits per heavy atom. The van der Waals surface area contributed by atoms with Crippen LogP contribution in [0.1, 0.15) is 86.3 Å². The molecule has 4 rings (SSSR count). The molecule has 0 saturated heterocycles. The molecule has 1 saturated carbocycles. The Labute approximate surface area is 160 Å². The molecule has 0 heterocycles. The number of rotatable bonds is 2. The van der Waals surface area contributed by atoms with E-state index in [-0.39, 0.29) is 0 Å². The summed E-state index contributed by atoms with van der Waals surface area (Å²) in [6, 6.07) is 14.1. The van der Waals surface area contributed by atoms with Crippen LogP contribution in [0, 0.1) is 19.3 Å². The minimum atomic E-state index is 0.431. The molecule has 0 amide bonds. The van der Waals surface area contributed by atoms with Crippen LogP contribution < -0.4 is 0 Å². The second kappa shape index (κ2) is 7.43. The molecule has 1 spiro atoms. The minimum absolute atomic E-state index is 0.431. The van der Waals surface area contributed by atoms with Gasteiger partial charge in [0.25, 0.3) is 0 Å². The molecule has 0 bridgehead atoms. The molecule has 2 aliphatic rings.